The van der Waals surface area contributed by atoms with Gasteiger partial charge in [0, 0.05) is 5.54 Å². The van der Waals surface area contributed by atoms with Crippen molar-refractivity contribution in [3.05, 3.63) is 0 Å². The number of amides is 3. The fraction of sp³-hybridized carbons (Fsp3) is 0.727. The third-order valence-corrected chi connectivity index (χ3v) is 3.37. The lowest BCUT2D eigenvalue weighted by atomic mass is 9.75. The van der Waals surface area contributed by atoms with Crippen LogP contribution in [0.15, 0.2) is 0 Å². The molecule has 0 heterocycles. The van der Waals surface area contributed by atoms with E-state index >= 15 is 0 Å². The highest BCUT2D eigenvalue weighted by molar-refractivity contribution is 5.87. The molecule has 0 bridgehead atoms. The van der Waals surface area contributed by atoms with Crippen molar-refractivity contribution in [2.45, 2.75) is 50.6 Å². The Labute approximate surface area is 105 Å². The maximum Gasteiger partial charge on any atom is 0.326 e. The van der Waals surface area contributed by atoms with Gasteiger partial charge in [0.15, 0.2) is 0 Å². The molecule has 3 amide bonds. The number of carboxylic acids is 1. The average molecular weight is 257 g/mol. The Balaban J connectivity index is 2.50. The van der Waals surface area contributed by atoms with Crippen LogP contribution in [0.2, 0.25) is 0 Å². The number of carboxylic acid groups (broad SMARTS) is 1. The van der Waals surface area contributed by atoms with Gasteiger partial charge in [0.2, 0.25) is 5.91 Å². The second-order valence-corrected chi connectivity index (χ2v) is 4.65. The van der Waals surface area contributed by atoms with E-state index in [1.807, 2.05) is 6.92 Å². The number of urea groups is 1. The van der Waals surface area contributed by atoms with Gasteiger partial charge < -0.3 is 21.5 Å². The van der Waals surface area contributed by atoms with Gasteiger partial charge in [-0.3, -0.25) is 4.79 Å². The van der Waals surface area contributed by atoms with Crippen LogP contribution in [0.3, 0.4) is 0 Å². The van der Waals surface area contributed by atoms with E-state index in [-0.39, 0.29) is 5.54 Å². The van der Waals surface area contributed by atoms with Crippen LogP contribution in [0.4, 0.5) is 4.79 Å². The monoisotopic (exact) mass is 257 g/mol. The van der Waals surface area contributed by atoms with Crippen molar-refractivity contribution in [2.24, 2.45) is 5.73 Å². The standard InChI is InChI=1S/C11H19N3O4/c1-2-11(4-3-5-11)14-10(18)13-7(9(16)17)6-8(12)15/h7H,2-6H2,1H3,(H2,12,15)(H,16,17)(H2,13,14,18)/t7-/m1/s1. The number of rotatable bonds is 6. The summed E-state index contributed by atoms with van der Waals surface area (Å²) in [5.41, 5.74) is 4.70. The summed E-state index contributed by atoms with van der Waals surface area (Å²) in [6, 6.07) is -1.85. The smallest absolute Gasteiger partial charge is 0.326 e. The van der Waals surface area contributed by atoms with Crippen molar-refractivity contribution in [3.8, 4) is 0 Å². The lowest BCUT2D eigenvalue weighted by Gasteiger charge is -2.42. The fourth-order valence-corrected chi connectivity index (χ4v) is 2.01. The van der Waals surface area contributed by atoms with Crippen LogP contribution in [0.25, 0.3) is 0 Å². The largest absolute Gasteiger partial charge is 0.480 e. The van der Waals surface area contributed by atoms with Crippen LogP contribution in [-0.4, -0.2) is 34.6 Å². The normalized spacial score (nSPS) is 18.3. The van der Waals surface area contributed by atoms with Gasteiger partial charge in [0.1, 0.15) is 6.04 Å². The Morgan fingerprint density at radius 3 is 2.33 bits per heavy atom. The molecule has 0 aromatic carbocycles. The molecule has 1 rings (SSSR count). The van der Waals surface area contributed by atoms with E-state index in [9.17, 15) is 14.4 Å². The molecule has 1 atom stereocenters. The van der Waals surface area contributed by atoms with Crippen molar-refractivity contribution < 1.29 is 19.5 Å². The molecule has 0 aromatic rings. The van der Waals surface area contributed by atoms with E-state index in [1.165, 1.54) is 0 Å². The molecule has 102 valence electrons. The van der Waals surface area contributed by atoms with Gasteiger partial charge in [-0.2, -0.15) is 0 Å². The molecule has 0 unspecified atom stereocenters. The van der Waals surface area contributed by atoms with Crippen LogP contribution in [-0.2, 0) is 9.59 Å². The lowest BCUT2D eigenvalue weighted by molar-refractivity contribution is -0.140. The summed E-state index contributed by atoms with van der Waals surface area (Å²) in [5.74, 6) is -2.04. The number of nitrogens with one attached hydrogen (secondary N) is 2. The molecule has 7 heteroatoms. The van der Waals surface area contributed by atoms with Gasteiger partial charge in [0.05, 0.1) is 6.42 Å². The quantitative estimate of drug-likeness (QED) is 0.532. The predicted octanol–water partition coefficient (Wildman–Crippen LogP) is -0.0531. The first-order chi connectivity index (χ1) is 8.38. The number of carbonyl (C=O) groups excluding carboxylic acids is 2. The Morgan fingerprint density at radius 2 is 2.00 bits per heavy atom. The van der Waals surface area contributed by atoms with Crippen LogP contribution in [0, 0.1) is 0 Å². The van der Waals surface area contributed by atoms with Crippen LogP contribution >= 0.6 is 0 Å². The fourth-order valence-electron chi connectivity index (χ4n) is 2.01. The molecule has 5 N–H and O–H groups in total. The number of primary amides is 1. The minimum atomic E-state index is -1.28. The average Bonchev–Trinajstić information content (AvgIpc) is 2.21. The second kappa shape index (κ2) is 5.70. The molecular formula is C11H19N3O4. The predicted molar refractivity (Wildman–Crippen MR) is 63.8 cm³/mol. The van der Waals surface area contributed by atoms with Crippen molar-refractivity contribution in [3.63, 3.8) is 0 Å². The van der Waals surface area contributed by atoms with Crippen LogP contribution < -0.4 is 16.4 Å². The maximum atomic E-state index is 11.7. The summed E-state index contributed by atoms with van der Waals surface area (Å²) < 4.78 is 0. The van der Waals surface area contributed by atoms with E-state index in [0.29, 0.717) is 0 Å². The van der Waals surface area contributed by atoms with Gasteiger partial charge in [-0.15, -0.1) is 0 Å². The van der Waals surface area contributed by atoms with E-state index < -0.39 is 30.4 Å². The lowest BCUT2D eigenvalue weighted by Crippen LogP contribution is -2.58. The molecular weight excluding hydrogens is 238 g/mol. The molecule has 0 radical (unpaired) electrons. The van der Waals surface area contributed by atoms with Crippen molar-refractivity contribution in [1.82, 2.24) is 10.6 Å². The Bertz CT molecular complexity index is 347. The summed E-state index contributed by atoms with van der Waals surface area (Å²) in [4.78, 5) is 33.2. The Hall–Kier alpha value is -1.79. The van der Waals surface area contributed by atoms with Crippen LogP contribution in [0.1, 0.15) is 39.0 Å². The third kappa shape index (κ3) is 3.61. The maximum absolute atomic E-state index is 11.7. The van der Waals surface area contributed by atoms with Crippen molar-refractivity contribution in [1.29, 1.82) is 0 Å². The number of hydrogen-bond donors (Lipinski definition) is 4. The van der Waals surface area contributed by atoms with Crippen molar-refractivity contribution in [2.75, 3.05) is 0 Å². The molecule has 0 aromatic heterocycles. The molecule has 1 aliphatic carbocycles. The topological polar surface area (TPSA) is 122 Å². The zero-order valence-corrected chi connectivity index (χ0v) is 10.4. The summed E-state index contributed by atoms with van der Waals surface area (Å²) in [6.07, 6.45) is 3.22. The minimum Gasteiger partial charge on any atom is -0.480 e. The summed E-state index contributed by atoms with van der Waals surface area (Å²) >= 11 is 0. The number of hydrogen-bond acceptors (Lipinski definition) is 3. The third-order valence-electron chi connectivity index (χ3n) is 3.37. The van der Waals surface area contributed by atoms with Gasteiger partial charge >= 0.3 is 12.0 Å². The molecule has 1 aliphatic rings. The summed E-state index contributed by atoms with van der Waals surface area (Å²) in [5, 5.41) is 13.9. The summed E-state index contributed by atoms with van der Waals surface area (Å²) in [7, 11) is 0. The van der Waals surface area contributed by atoms with Crippen LogP contribution in [0.5, 0.6) is 0 Å². The molecule has 0 spiro atoms. The first-order valence-electron chi connectivity index (χ1n) is 5.98. The molecule has 18 heavy (non-hydrogen) atoms. The molecule has 0 aliphatic heterocycles. The Morgan fingerprint density at radius 1 is 1.39 bits per heavy atom. The molecule has 1 fully saturated rings. The van der Waals surface area contributed by atoms with Gasteiger partial charge in [0.25, 0.3) is 0 Å². The van der Waals surface area contributed by atoms with E-state index in [2.05, 4.69) is 10.6 Å². The van der Waals surface area contributed by atoms with E-state index in [0.717, 1.165) is 25.7 Å². The minimum absolute atomic E-state index is 0.222. The van der Waals surface area contributed by atoms with E-state index in [1.54, 1.807) is 0 Å². The first-order valence-corrected chi connectivity index (χ1v) is 5.98. The molecule has 7 nitrogen and oxygen atoms in total. The summed E-state index contributed by atoms with van der Waals surface area (Å²) in [6.45, 7) is 1.97. The molecule has 1 saturated carbocycles. The van der Waals surface area contributed by atoms with E-state index in [4.69, 9.17) is 10.8 Å². The number of nitrogens with two attached hydrogens (primary N) is 1. The van der Waals surface area contributed by atoms with Gasteiger partial charge in [-0.05, 0) is 25.7 Å². The van der Waals surface area contributed by atoms with Gasteiger partial charge in [-0.25, -0.2) is 9.59 Å². The second-order valence-electron chi connectivity index (χ2n) is 4.65. The van der Waals surface area contributed by atoms with Gasteiger partial charge in [-0.1, -0.05) is 6.92 Å². The highest BCUT2D eigenvalue weighted by Crippen LogP contribution is 2.34. The zero-order valence-electron chi connectivity index (χ0n) is 10.4. The highest BCUT2D eigenvalue weighted by Gasteiger charge is 2.37. The van der Waals surface area contributed by atoms with Crippen molar-refractivity contribution >= 4 is 17.9 Å². The SMILES string of the molecule is CCC1(NC(=O)N[C@H](CC(N)=O)C(=O)O)CCC1. The number of aliphatic carboxylic acids is 1. The Kier molecular flexibility index (Phi) is 4.52. The highest BCUT2D eigenvalue weighted by atomic mass is 16.4. The number of carbonyl (C=O) groups is 3. The first kappa shape index (κ1) is 14.3. The molecule has 0 saturated heterocycles. The zero-order chi connectivity index (χ0) is 13.8.